The third-order valence-electron chi connectivity index (χ3n) is 4.41. The highest BCUT2D eigenvalue weighted by molar-refractivity contribution is 7.11. The minimum atomic E-state index is 0.200. The molecule has 0 saturated heterocycles. The van der Waals surface area contributed by atoms with E-state index >= 15 is 0 Å². The Labute approximate surface area is 170 Å². The molecule has 0 unspecified atom stereocenters. The van der Waals surface area contributed by atoms with Crippen LogP contribution in [0.15, 0.2) is 66.9 Å². The molecule has 5 rings (SSSR count). The van der Waals surface area contributed by atoms with E-state index in [0.29, 0.717) is 23.7 Å². The number of benzene rings is 1. The lowest BCUT2D eigenvalue weighted by molar-refractivity contribution is 0.0605. The molecule has 0 aliphatic heterocycles. The van der Waals surface area contributed by atoms with Crippen molar-refractivity contribution in [3.8, 4) is 0 Å². The molecule has 0 bridgehead atoms. The van der Waals surface area contributed by atoms with E-state index in [1.165, 1.54) is 0 Å². The quantitative estimate of drug-likeness (QED) is 0.420. The van der Waals surface area contributed by atoms with E-state index in [0.717, 1.165) is 21.5 Å². The Balaban J connectivity index is 1.34. The number of rotatable bonds is 7. The molecule has 0 atom stereocenters. The fraction of sp³-hybridized carbons (Fsp3) is 0.100. The molecule has 0 radical (unpaired) electrons. The topological polar surface area (TPSA) is 82.2 Å². The summed E-state index contributed by atoms with van der Waals surface area (Å²) in [5.74, 6) is 0.543. The van der Waals surface area contributed by atoms with E-state index in [9.17, 15) is 0 Å². The molecule has 0 saturated carbocycles. The van der Waals surface area contributed by atoms with E-state index in [1.807, 2.05) is 40.4 Å². The zero-order valence-corrected chi connectivity index (χ0v) is 16.2. The second-order valence-electron chi connectivity index (χ2n) is 6.41. The summed E-state index contributed by atoms with van der Waals surface area (Å²) < 4.78 is 3.51. The molecule has 144 valence electrons. The maximum atomic E-state index is 5.51. The molecule has 0 fully saturated rings. The number of thiophene rings is 1. The predicted octanol–water partition coefficient (Wildman–Crippen LogP) is 3.28. The molecular weight excluding hydrogens is 386 g/mol. The van der Waals surface area contributed by atoms with Crippen molar-refractivity contribution in [1.82, 2.24) is 34.8 Å². The number of hydroxylamine groups is 1. The van der Waals surface area contributed by atoms with Crippen LogP contribution in [0.2, 0.25) is 0 Å². The van der Waals surface area contributed by atoms with E-state index in [-0.39, 0.29) is 6.61 Å². The van der Waals surface area contributed by atoms with Gasteiger partial charge in [-0.25, -0.2) is 19.2 Å². The Morgan fingerprint density at radius 1 is 1.14 bits per heavy atom. The van der Waals surface area contributed by atoms with E-state index in [1.54, 1.807) is 28.4 Å². The normalized spacial score (nSPS) is 11.3. The van der Waals surface area contributed by atoms with Crippen LogP contribution in [0.5, 0.6) is 0 Å². The maximum Gasteiger partial charge on any atom is 0.180 e. The Morgan fingerprint density at radius 2 is 2.03 bits per heavy atom. The smallest absolute Gasteiger partial charge is 0.180 e. The molecular formula is C20H17N7OS. The van der Waals surface area contributed by atoms with Crippen molar-refractivity contribution in [2.24, 2.45) is 0 Å². The van der Waals surface area contributed by atoms with Gasteiger partial charge < -0.3 is 0 Å². The summed E-state index contributed by atoms with van der Waals surface area (Å²) in [6, 6.07) is 14.1. The molecule has 0 amide bonds. The summed E-state index contributed by atoms with van der Waals surface area (Å²) >= 11 is 1.59. The molecule has 4 heterocycles. The molecule has 0 aliphatic rings. The summed E-state index contributed by atoms with van der Waals surface area (Å²) in [4.78, 5) is 15.6. The van der Waals surface area contributed by atoms with Crippen LogP contribution in [0.25, 0.3) is 22.4 Å². The molecule has 4 aromatic heterocycles. The summed E-state index contributed by atoms with van der Waals surface area (Å²) in [7, 11) is 0. The summed E-state index contributed by atoms with van der Waals surface area (Å²) in [5, 5.41) is 11.7. The van der Waals surface area contributed by atoms with Gasteiger partial charge in [0, 0.05) is 0 Å². The van der Waals surface area contributed by atoms with Crippen molar-refractivity contribution >= 4 is 33.7 Å². The van der Waals surface area contributed by atoms with Crippen LogP contribution in [0.4, 0.5) is 0 Å². The number of aromatic nitrogens is 6. The van der Waals surface area contributed by atoms with Gasteiger partial charge in [-0.3, -0.25) is 10.3 Å². The number of nitrogens with one attached hydrogen (secondary N) is 1. The van der Waals surface area contributed by atoms with Crippen LogP contribution < -0.4 is 5.48 Å². The first-order valence-electron chi connectivity index (χ1n) is 8.98. The van der Waals surface area contributed by atoms with Gasteiger partial charge in [0.2, 0.25) is 0 Å². The Morgan fingerprint density at radius 3 is 2.86 bits per heavy atom. The van der Waals surface area contributed by atoms with Gasteiger partial charge >= 0.3 is 0 Å². The van der Waals surface area contributed by atoms with Gasteiger partial charge in [0.05, 0.1) is 28.7 Å². The average Bonchev–Trinajstić information content (AvgIpc) is 3.48. The summed E-state index contributed by atoms with van der Waals surface area (Å²) in [6.45, 7) is 4.80. The molecule has 1 aromatic carbocycles. The average molecular weight is 403 g/mol. The lowest BCUT2D eigenvalue weighted by Crippen LogP contribution is -2.12. The van der Waals surface area contributed by atoms with Crippen molar-refractivity contribution in [3.05, 3.63) is 83.2 Å². The first-order valence-corrected chi connectivity index (χ1v) is 9.86. The highest BCUT2D eigenvalue weighted by atomic mass is 32.1. The Hall–Kier alpha value is -3.56. The zero-order valence-electron chi connectivity index (χ0n) is 15.4. The second kappa shape index (κ2) is 7.46. The van der Waals surface area contributed by atoms with Crippen molar-refractivity contribution in [2.75, 3.05) is 0 Å². The fourth-order valence-corrected chi connectivity index (χ4v) is 3.68. The third-order valence-corrected chi connectivity index (χ3v) is 5.34. The predicted molar refractivity (Wildman–Crippen MR) is 111 cm³/mol. The highest BCUT2D eigenvalue weighted by Crippen LogP contribution is 2.18. The maximum absolute atomic E-state index is 5.51. The van der Waals surface area contributed by atoms with Crippen molar-refractivity contribution in [1.29, 1.82) is 0 Å². The van der Waals surface area contributed by atoms with Crippen LogP contribution in [0.3, 0.4) is 0 Å². The third kappa shape index (κ3) is 3.48. The molecule has 9 heteroatoms. The van der Waals surface area contributed by atoms with E-state index in [4.69, 9.17) is 4.84 Å². The molecule has 5 aromatic rings. The number of hydrogen-bond acceptors (Lipinski definition) is 7. The summed E-state index contributed by atoms with van der Waals surface area (Å²) in [5.41, 5.74) is 6.17. The lowest BCUT2D eigenvalue weighted by atomic mass is 10.2. The van der Waals surface area contributed by atoms with Gasteiger partial charge in [-0.1, -0.05) is 43.0 Å². The summed E-state index contributed by atoms with van der Waals surface area (Å²) in [6.07, 6.45) is 3.42. The largest absolute Gasteiger partial charge is 0.268 e. The Kier molecular flexibility index (Phi) is 4.51. The standard InChI is InChI=1S/C20H17N7OS/c1-14(17-8-5-9-29-17)25-28-12-18-23-20-16-10-22-26(11-15-6-3-2-4-7-15)19(16)21-13-27(20)24-18/h2-10,13,25H,1,11-12H2. The molecule has 1 N–H and O–H groups in total. The molecule has 8 nitrogen and oxygen atoms in total. The van der Waals surface area contributed by atoms with Crippen molar-refractivity contribution in [3.63, 3.8) is 0 Å². The lowest BCUT2D eigenvalue weighted by Gasteiger charge is -2.05. The van der Waals surface area contributed by atoms with Crippen molar-refractivity contribution in [2.45, 2.75) is 13.2 Å². The molecule has 29 heavy (non-hydrogen) atoms. The van der Waals surface area contributed by atoms with Gasteiger partial charge in [-0.15, -0.1) is 16.4 Å². The van der Waals surface area contributed by atoms with Crippen LogP contribution in [0, 0.1) is 0 Å². The Bertz CT molecular complexity index is 1270. The molecule has 0 spiro atoms. The molecule has 0 aliphatic carbocycles. The van der Waals surface area contributed by atoms with Crippen LogP contribution >= 0.6 is 11.3 Å². The highest BCUT2D eigenvalue weighted by Gasteiger charge is 2.13. The van der Waals surface area contributed by atoms with Gasteiger partial charge in [0.1, 0.15) is 12.9 Å². The minimum absolute atomic E-state index is 0.200. The van der Waals surface area contributed by atoms with E-state index < -0.39 is 0 Å². The van der Waals surface area contributed by atoms with Crippen LogP contribution in [-0.2, 0) is 18.0 Å². The number of nitrogens with zero attached hydrogens (tertiary/aromatic N) is 6. The van der Waals surface area contributed by atoms with Gasteiger partial charge in [-0.2, -0.15) is 5.10 Å². The first kappa shape index (κ1) is 17.5. The number of fused-ring (bicyclic) bond motifs is 3. The van der Waals surface area contributed by atoms with E-state index in [2.05, 4.69) is 44.4 Å². The van der Waals surface area contributed by atoms with Crippen LogP contribution in [-0.4, -0.2) is 29.4 Å². The number of hydrogen-bond donors (Lipinski definition) is 1. The minimum Gasteiger partial charge on any atom is -0.268 e. The SMILES string of the molecule is C=C(NOCc1nc2c3cnn(Cc4ccccc4)c3ncn2n1)c1cccs1. The van der Waals surface area contributed by atoms with Crippen molar-refractivity contribution < 1.29 is 4.84 Å². The zero-order chi connectivity index (χ0) is 19.6. The van der Waals surface area contributed by atoms with Gasteiger partial charge in [0.25, 0.3) is 0 Å². The van der Waals surface area contributed by atoms with Crippen LogP contribution in [0.1, 0.15) is 16.3 Å². The monoisotopic (exact) mass is 403 g/mol. The van der Waals surface area contributed by atoms with Gasteiger partial charge in [-0.05, 0) is 17.0 Å². The van der Waals surface area contributed by atoms with Gasteiger partial charge in [0.15, 0.2) is 17.1 Å². The second-order valence-corrected chi connectivity index (χ2v) is 7.36. The fourth-order valence-electron chi connectivity index (χ4n) is 3.04. The first-order chi connectivity index (χ1) is 14.3.